The molecule has 5 nitrogen and oxygen atoms in total. The number of hydrogen-bond acceptors (Lipinski definition) is 4. The number of ether oxygens (including phenoxy) is 2. The fraction of sp³-hybridized carbons (Fsp3) is 0.0667. The largest absolute Gasteiger partial charge is 0.482 e. The van der Waals surface area contributed by atoms with E-state index in [1.54, 1.807) is 12.1 Å². The van der Waals surface area contributed by atoms with Crippen molar-refractivity contribution in [3.8, 4) is 11.5 Å². The lowest BCUT2D eigenvalue weighted by atomic mass is 10.3. The molecule has 0 bridgehead atoms. The van der Waals surface area contributed by atoms with Crippen LogP contribution in [0.4, 0.5) is 4.79 Å². The Bertz CT molecular complexity index is 765. The van der Waals surface area contributed by atoms with Crippen molar-refractivity contribution in [1.29, 1.82) is 0 Å². The quantitative estimate of drug-likeness (QED) is 0.723. The summed E-state index contributed by atoms with van der Waals surface area (Å²) in [4.78, 5) is 23.3. The Morgan fingerprint density at radius 1 is 0.917 bits per heavy atom. The lowest BCUT2D eigenvalue weighted by molar-refractivity contribution is -0.122. The van der Waals surface area contributed by atoms with Gasteiger partial charge in [-0.1, -0.05) is 46.4 Å². The van der Waals surface area contributed by atoms with E-state index in [-0.39, 0.29) is 26.6 Å². The number of halogens is 4. The molecule has 126 valence electrons. The van der Waals surface area contributed by atoms with E-state index in [4.69, 9.17) is 55.9 Å². The van der Waals surface area contributed by atoms with E-state index in [0.717, 1.165) is 0 Å². The minimum absolute atomic E-state index is 0.160. The van der Waals surface area contributed by atoms with Gasteiger partial charge in [-0.05, 0) is 30.3 Å². The van der Waals surface area contributed by atoms with Crippen LogP contribution in [0.5, 0.6) is 11.5 Å². The van der Waals surface area contributed by atoms with Gasteiger partial charge < -0.3 is 9.47 Å². The summed E-state index contributed by atoms with van der Waals surface area (Å²) in [6.45, 7) is -0.465. The molecular weight excluding hydrogens is 400 g/mol. The first-order valence-electron chi connectivity index (χ1n) is 6.39. The number of carbonyl (C=O) groups is 2. The van der Waals surface area contributed by atoms with Crippen LogP contribution in [0.25, 0.3) is 0 Å². The second-order valence-electron chi connectivity index (χ2n) is 4.38. The Hall–Kier alpha value is -1.66. The summed E-state index contributed by atoms with van der Waals surface area (Å²) in [5.41, 5.74) is 0. The minimum Gasteiger partial charge on any atom is -0.482 e. The molecule has 2 rings (SSSR count). The molecule has 0 saturated heterocycles. The second-order valence-corrected chi connectivity index (χ2v) is 6.04. The summed E-state index contributed by atoms with van der Waals surface area (Å²) in [5, 5.41) is 3.15. The van der Waals surface area contributed by atoms with Crippen LogP contribution >= 0.6 is 46.4 Å². The van der Waals surface area contributed by atoms with Gasteiger partial charge in [0.1, 0.15) is 11.5 Å². The number of nitrogens with one attached hydrogen (secondary N) is 1. The number of benzene rings is 2. The Labute approximate surface area is 157 Å². The molecular formula is C15H9Cl4NO4. The van der Waals surface area contributed by atoms with Crippen molar-refractivity contribution in [2.75, 3.05) is 6.61 Å². The number of amides is 2. The molecule has 0 fully saturated rings. The van der Waals surface area contributed by atoms with Gasteiger partial charge in [0.2, 0.25) is 0 Å². The highest BCUT2D eigenvalue weighted by Crippen LogP contribution is 2.33. The van der Waals surface area contributed by atoms with Crippen LogP contribution in [0.1, 0.15) is 0 Å². The standard InChI is InChI=1S/C15H9Cl4NO4/c16-8-1-3-9(4-2-8)24-15(22)20-14(21)7-23-13-6-11(18)10(17)5-12(13)19/h1-6H,7H2,(H,20,21,22). The first-order chi connectivity index (χ1) is 11.3. The fourth-order valence-electron chi connectivity index (χ4n) is 1.54. The van der Waals surface area contributed by atoms with Crippen molar-refractivity contribution >= 4 is 58.4 Å². The summed E-state index contributed by atoms with van der Waals surface area (Å²) >= 11 is 23.2. The molecule has 0 aliphatic carbocycles. The van der Waals surface area contributed by atoms with Crippen molar-refractivity contribution in [1.82, 2.24) is 5.32 Å². The minimum atomic E-state index is -0.953. The van der Waals surface area contributed by atoms with Gasteiger partial charge in [-0.15, -0.1) is 0 Å². The van der Waals surface area contributed by atoms with Gasteiger partial charge >= 0.3 is 6.09 Å². The van der Waals surface area contributed by atoms with Crippen LogP contribution in [0.3, 0.4) is 0 Å². The molecule has 0 saturated carbocycles. The predicted molar refractivity (Wildman–Crippen MR) is 92.6 cm³/mol. The van der Waals surface area contributed by atoms with Gasteiger partial charge in [-0.25, -0.2) is 4.79 Å². The van der Waals surface area contributed by atoms with Gasteiger partial charge in [0.05, 0.1) is 15.1 Å². The molecule has 0 spiro atoms. The summed E-state index contributed by atoms with van der Waals surface area (Å²) in [7, 11) is 0. The van der Waals surface area contributed by atoms with Gasteiger partial charge in [0.25, 0.3) is 5.91 Å². The highest BCUT2D eigenvalue weighted by atomic mass is 35.5. The summed E-state index contributed by atoms with van der Waals surface area (Å²) < 4.78 is 10.1. The van der Waals surface area contributed by atoms with E-state index in [0.29, 0.717) is 5.02 Å². The monoisotopic (exact) mass is 407 g/mol. The SMILES string of the molecule is O=C(COc1cc(Cl)c(Cl)cc1Cl)NC(=O)Oc1ccc(Cl)cc1. The molecule has 2 aromatic carbocycles. The molecule has 0 heterocycles. The zero-order valence-corrected chi connectivity index (χ0v) is 14.8. The molecule has 0 aliphatic heterocycles. The van der Waals surface area contributed by atoms with E-state index < -0.39 is 18.6 Å². The predicted octanol–water partition coefficient (Wildman–Crippen LogP) is 4.99. The molecule has 1 N–H and O–H groups in total. The van der Waals surface area contributed by atoms with Crippen LogP contribution in [-0.4, -0.2) is 18.6 Å². The Balaban J connectivity index is 1.86. The molecule has 0 atom stereocenters. The van der Waals surface area contributed by atoms with Crippen molar-refractivity contribution in [2.24, 2.45) is 0 Å². The van der Waals surface area contributed by atoms with E-state index in [1.807, 2.05) is 5.32 Å². The third-order valence-corrected chi connectivity index (χ3v) is 3.87. The maximum absolute atomic E-state index is 11.7. The molecule has 0 unspecified atom stereocenters. The third-order valence-electron chi connectivity index (χ3n) is 2.60. The highest BCUT2D eigenvalue weighted by Gasteiger charge is 2.13. The lowest BCUT2D eigenvalue weighted by Gasteiger charge is -2.09. The molecule has 2 amide bonds. The fourth-order valence-corrected chi connectivity index (χ4v) is 2.26. The molecule has 0 radical (unpaired) electrons. The average Bonchev–Trinajstić information content (AvgIpc) is 2.52. The molecule has 0 aromatic heterocycles. The van der Waals surface area contributed by atoms with Crippen molar-refractivity contribution < 1.29 is 19.1 Å². The maximum Gasteiger partial charge on any atom is 0.419 e. The number of hydrogen-bond donors (Lipinski definition) is 1. The van der Waals surface area contributed by atoms with E-state index in [1.165, 1.54) is 24.3 Å². The normalized spacial score (nSPS) is 10.2. The van der Waals surface area contributed by atoms with Gasteiger partial charge in [-0.2, -0.15) is 0 Å². The lowest BCUT2D eigenvalue weighted by Crippen LogP contribution is -2.36. The van der Waals surface area contributed by atoms with Crippen LogP contribution in [-0.2, 0) is 4.79 Å². The van der Waals surface area contributed by atoms with Crippen molar-refractivity contribution in [3.05, 3.63) is 56.5 Å². The Morgan fingerprint density at radius 3 is 2.21 bits per heavy atom. The molecule has 24 heavy (non-hydrogen) atoms. The number of imide groups is 1. The summed E-state index contributed by atoms with van der Waals surface area (Å²) in [5.74, 6) is -0.332. The van der Waals surface area contributed by atoms with Crippen LogP contribution < -0.4 is 14.8 Å². The first kappa shape index (κ1) is 18.7. The van der Waals surface area contributed by atoms with Gasteiger partial charge in [0, 0.05) is 11.1 Å². The zero-order chi connectivity index (χ0) is 17.7. The highest BCUT2D eigenvalue weighted by molar-refractivity contribution is 6.43. The smallest absolute Gasteiger partial charge is 0.419 e. The maximum atomic E-state index is 11.7. The zero-order valence-electron chi connectivity index (χ0n) is 11.8. The van der Waals surface area contributed by atoms with Crippen LogP contribution in [0.2, 0.25) is 20.1 Å². The van der Waals surface area contributed by atoms with Crippen LogP contribution in [0, 0.1) is 0 Å². The summed E-state index contributed by atoms with van der Waals surface area (Å²) in [6.07, 6.45) is -0.953. The number of rotatable bonds is 4. The van der Waals surface area contributed by atoms with Gasteiger partial charge in [-0.3, -0.25) is 10.1 Å². The Kier molecular flexibility index (Phi) is 6.57. The van der Waals surface area contributed by atoms with E-state index in [2.05, 4.69) is 0 Å². The van der Waals surface area contributed by atoms with E-state index >= 15 is 0 Å². The summed E-state index contributed by atoms with van der Waals surface area (Å²) in [6, 6.07) is 8.80. The average molecular weight is 409 g/mol. The first-order valence-corrected chi connectivity index (χ1v) is 7.91. The van der Waals surface area contributed by atoms with Crippen molar-refractivity contribution in [3.63, 3.8) is 0 Å². The molecule has 2 aromatic rings. The van der Waals surface area contributed by atoms with E-state index in [9.17, 15) is 9.59 Å². The van der Waals surface area contributed by atoms with Gasteiger partial charge in [0.15, 0.2) is 6.61 Å². The Morgan fingerprint density at radius 2 is 1.54 bits per heavy atom. The number of carbonyl (C=O) groups excluding carboxylic acids is 2. The third kappa shape index (κ3) is 5.46. The van der Waals surface area contributed by atoms with Crippen LogP contribution in [0.15, 0.2) is 36.4 Å². The van der Waals surface area contributed by atoms with Crippen molar-refractivity contribution in [2.45, 2.75) is 0 Å². The molecule has 9 heteroatoms. The topological polar surface area (TPSA) is 64.6 Å². The second kappa shape index (κ2) is 8.44. The molecule has 0 aliphatic rings.